The predicted molar refractivity (Wildman–Crippen MR) is 57.7 cm³/mol. The van der Waals surface area contributed by atoms with Crippen molar-refractivity contribution in [3.63, 3.8) is 0 Å². The molecule has 0 unspecified atom stereocenters. The van der Waals surface area contributed by atoms with Gasteiger partial charge >= 0.3 is 0 Å². The third-order valence-electron chi connectivity index (χ3n) is 1.97. The second-order valence-corrected chi connectivity index (χ2v) is 5.01. The Labute approximate surface area is 97.3 Å². The number of aliphatic hydroxyl groups excluding tert-OH is 1. The van der Waals surface area contributed by atoms with Gasteiger partial charge < -0.3 is 10.8 Å². The normalized spacial score (nSPS) is 11.7. The molecule has 0 bridgehead atoms. The van der Waals surface area contributed by atoms with E-state index in [0.717, 1.165) is 0 Å². The summed E-state index contributed by atoms with van der Waals surface area (Å²) < 4.78 is 51.3. The summed E-state index contributed by atoms with van der Waals surface area (Å²) in [6, 6.07) is 1.13. The fraction of sp³-hybridized carbons (Fsp3) is 0.333. The molecule has 0 fully saturated rings. The molecular formula is C9H12F2N2O3S. The van der Waals surface area contributed by atoms with E-state index in [1.807, 2.05) is 0 Å². The van der Waals surface area contributed by atoms with Crippen LogP contribution in [0.4, 0.5) is 14.5 Å². The first-order chi connectivity index (χ1) is 7.88. The SMILES string of the molecule is Nc1cc(S(=O)(=O)NCCCO)c(F)cc1F. The highest BCUT2D eigenvalue weighted by atomic mass is 32.2. The van der Waals surface area contributed by atoms with Crippen molar-refractivity contribution in [3.05, 3.63) is 23.8 Å². The topological polar surface area (TPSA) is 92.4 Å². The summed E-state index contributed by atoms with van der Waals surface area (Å²) in [5, 5.41) is 8.49. The van der Waals surface area contributed by atoms with Crippen LogP contribution in [0.15, 0.2) is 17.0 Å². The molecule has 0 amide bonds. The number of nitrogens with one attached hydrogen (secondary N) is 1. The molecule has 1 aromatic carbocycles. The molecule has 0 radical (unpaired) electrons. The average molecular weight is 266 g/mol. The maximum absolute atomic E-state index is 13.3. The van der Waals surface area contributed by atoms with Crippen LogP contribution in [0.2, 0.25) is 0 Å². The van der Waals surface area contributed by atoms with Crippen molar-refractivity contribution in [2.75, 3.05) is 18.9 Å². The lowest BCUT2D eigenvalue weighted by molar-refractivity contribution is 0.289. The molecule has 0 aliphatic heterocycles. The maximum Gasteiger partial charge on any atom is 0.243 e. The van der Waals surface area contributed by atoms with Gasteiger partial charge in [-0.2, -0.15) is 0 Å². The minimum atomic E-state index is -4.09. The highest BCUT2D eigenvalue weighted by Gasteiger charge is 2.20. The number of rotatable bonds is 5. The van der Waals surface area contributed by atoms with E-state index in [4.69, 9.17) is 10.8 Å². The number of hydrogen-bond acceptors (Lipinski definition) is 4. The lowest BCUT2D eigenvalue weighted by Crippen LogP contribution is -2.26. The Morgan fingerprint density at radius 3 is 2.53 bits per heavy atom. The molecule has 0 saturated carbocycles. The number of nitrogens with two attached hydrogens (primary N) is 1. The van der Waals surface area contributed by atoms with E-state index in [-0.39, 0.29) is 19.6 Å². The molecule has 5 nitrogen and oxygen atoms in total. The van der Waals surface area contributed by atoms with Gasteiger partial charge in [0.2, 0.25) is 10.0 Å². The zero-order valence-electron chi connectivity index (χ0n) is 8.78. The number of nitrogen functional groups attached to an aromatic ring is 1. The molecule has 0 saturated heterocycles. The van der Waals surface area contributed by atoms with Crippen LogP contribution in [0.1, 0.15) is 6.42 Å². The third kappa shape index (κ3) is 3.35. The van der Waals surface area contributed by atoms with E-state index >= 15 is 0 Å². The minimum absolute atomic E-state index is 0.0461. The molecule has 0 aromatic heterocycles. The van der Waals surface area contributed by atoms with Crippen molar-refractivity contribution in [2.24, 2.45) is 0 Å². The van der Waals surface area contributed by atoms with E-state index in [2.05, 4.69) is 4.72 Å². The number of benzene rings is 1. The van der Waals surface area contributed by atoms with Gasteiger partial charge in [0.05, 0.1) is 5.69 Å². The zero-order valence-corrected chi connectivity index (χ0v) is 9.60. The van der Waals surface area contributed by atoms with Crippen molar-refractivity contribution in [3.8, 4) is 0 Å². The Kier molecular flexibility index (Phi) is 4.38. The minimum Gasteiger partial charge on any atom is -0.396 e. The highest BCUT2D eigenvalue weighted by molar-refractivity contribution is 7.89. The largest absolute Gasteiger partial charge is 0.396 e. The zero-order chi connectivity index (χ0) is 13.1. The van der Waals surface area contributed by atoms with Gasteiger partial charge in [-0.15, -0.1) is 0 Å². The number of hydrogen-bond donors (Lipinski definition) is 3. The smallest absolute Gasteiger partial charge is 0.243 e. The quantitative estimate of drug-likeness (QED) is 0.524. The molecule has 0 atom stereocenters. The van der Waals surface area contributed by atoms with Crippen LogP contribution in [0.25, 0.3) is 0 Å². The van der Waals surface area contributed by atoms with Gasteiger partial charge in [0, 0.05) is 19.2 Å². The van der Waals surface area contributed by atoms with Crippen molar-refractivity contribution in [1.29, 1.82) is 0 Å². The first-order valence-electron chi connectivity index (χ1n) is 4.73. The highest BCUT2D eigenvalue weighted by Crippen LogP contribution is 2.20. The summed E-state index contributed by atoms with van der Waals surface area (Å²) in [5.41, 5.74) is 4.72. The summed E-state index contributed by atoms with van der Waals surface area (Å²) in [4.78, 5) is -0.714. The number of sulfonamides is 1. The predicted octanol–water partition coefficient (Wildman–Crippen LogP) is 0.208. The van der Waals surface area contributed by atoms with E-state index in [1.165, 1.54) is 0 Å². The average Bonchev–Trinajstić information content (AvgIpc) is 2.23. The van der Waals surface area contributed by atoms with Gasteiger partial charge in [-0.05, 0) is 12.5 Å². The van der Waals surface area contributed by atoms with Gasteiger partial charge in [-0.1, -0.05) is 0 Å². The van der Waals surface area contributed by atoms with E-state index in [0.29, 0.717) is 12.1 Å². The lowest BCUT2D eigenvalue weighted by atomic mass is 10.3. The molecule has 0 aliphatic carbocycles. The molecule has 8 heteroatoms. The first-order valence-corrected chi connectivity index (χ1v) is 6.22. The molecular weight excluding hydrogens is 254 g/mol. The van der Waals surface area contributed by atoms with Crippen LogP contribution < -0.4 is 10.5 Å². The van der Waals surface area contributed by atoms with Gasteiger partial charge in [0.15, 0.2) is 0 Å². The second-order valence-electron chi connectivity index (χ2n) is 3.28. The second kappa shape index (κ2) is 5.39. The Balaban J connectivity index is 3.03. The van der Waals surface area contributed by atoms with Crippen LogP contribution in [0.3, 0.4) is 0 Å². The van der Waals surface area contributed by atoms with Crippen LogP contribution in [0.5, 0.6) is 0 Å². The molecule has 0 heterocycles. The summed E-state index contributed by atoms with van der Waals surface area (Å²) in [6.45, 7) is -0.244. The van der Waals surface area contributed by atoms with Gasteiger partial charge in [0.25, 0.3) is 0 Å². The van der Waals surface area contributed by atoms with Crippen molar-refractivity contribution < 1.29 is 22.3 Å². The van der Waals surface area contributed by atoms with Gasteiger partial charge in [0.1, 0.15) is 16.5 Å². The standard InChI is InChI=1S/C9H12F2N2O3S/c10-6-4-7(11)9(5-8(6)12)17(15,16)13-2-1-3-14/h4-5,13-14H,1-3,12H2. The van der Waals surface area contributed by atoms with Crippen LogP contribution in [0, 0.1) is 11.6 Å². The van der Waals surface area contributed by atoms with Crippen molar-refractivity contribution in [1.82, 2.24) is 4.72 Å². The summed E-state index contributed by atoms with van der Waals surface area (Å²) in [5.74, 6) is -2.23. The van der Waals surface area contributed by atoms with Crippen LogP contribution in [-0.2, 0) is 10.0 Å². The summed E-state index contributed by atoms with van der Waals surface area (Å²) in [7, 11) is -4.09. The fourth-order valence-corrected chi connectivity index (χ4v) is 2.28. The maximum atomic E-state index is 13.3. The van der Waals surface area contributed by atoms with Crippen LogP contribution >= 0.6 is 0 Å². The summed E-state index contributed by atoms with van der Waals surface area (Å²) in [6.07, 6.45) is 0.192. The van der Waals surface area contributed by atoms with Gasteiger partial charge in [-0.25, -0.2) is 21.9 Å². The fourth-order valence-electron chi connectivity index (χ4n) is 1.11. The Morgan fingerprint density at radius 1 is 1.29 bits per heavy atom. The molecule has 1 aromatic rings. The molecule has 96 valence electrons. The first kappa shape index (κ1) is 13.8. The monoisotopic (exact) mass is 266 g/mol. The van der Waals surface area contributed by atoms with Crippen molar-refractivity contribution in [2.45, 2.75) is 11.3 Å². The third-order valence-corrected chi connectivity index (χ3v) is 3.44. The molecule has 1 rings (SSSR count). The van der Waals surface area contributed by atoms with E-state index in [1.54, 1.807) is 0 Å². The lowest BCUT2D eigenvalue weighted by Gasteiger charge is -2.08. The number of halogens is 2. The molecule has 17 heavy (non-hydrogen) atoms. The Morgan fingerprint density at radius 2 is 1.94 bits per heavy atom. The van der Waals surface area contributed by atoms with E-state index < -0.39 is 32.2 Å². The molecule has 4 N–H and O–H groups in total. The van der Waals surface area contributed by atoms with Crippen molar-refractivity contribution >= 4 is 15.7 Å². The number of aliphatic hydroxyl groups is 1. The molecule has 0 spiro atoms. The van der Waals surface area contributed by atoms with Crippen LogP contribution in [-0.4, -0.2) is 26.7 Å². The molecule has 0 aliphatic rings. The number of anilines is 1. The van der Waals surface area contributed by atoms with Gasteiger partial charge in [-0.3, -0.25) is 0 Å². The summed E-state index contributed by atoms with van der Waals surface area (Å²) >= 11 is 0. The Bertz CT molecular complexity index is 505. The van der Waals surface area contributed by atoms with E-state index in [9.17, 15) is 17.2 Å². The Hall–Kier alpha value is -1.25.